The lowest BCUT2D eigenvalue weighted by Gasteiger charge is -2.06. The number of pyridine rings is 1. The quantitative estimate of drug-likeness (QED) is 0.448. The number of nitrogens with zero attached hydrogens (tertiary/aromatic N) is 3. The normalized spacial score (nSPS) is 11.2. The maximum absolute atomic E-state index is 12.4. The van der Waals surface area contributed by atoms with Gasteiger partial charge in [-0.25, -0.2) is 9.31 Å². The third-order valence-electron chi connectivity index (χ3n) is 4.55. The van der Waals surface area contributed by atoms with Crippen LogP contribution in [0.2, 0.25) is 0 Å². The smallest absolute Gasteiger partial charge is 0.338 e. The number of halogens is 1. The summed E-state index contributed by atoms with van der Waals surface area (Å²) in [7, 11) is 0. The van der Waals surface area contributed by atoms with E-state index in [1.807, 2.05) is 31.2 Å². The summed E-state index contributed by atoms with van der Waals surface area (Å²) in [5.74, 6) is -0.0418. The summed E-state index contributed by atoms with van der Waals surface area (Å²) < 4.78 is 13.1. The van der Waals surface area contributed by atoms with Crippen LogP contribution in [0, 0.1) is 6.92 Å². The van der Waals surface area contributed by atoms with E-state index in [1.165, 1.54) is 0 Å². The van der Waals surface area contributed by atoms with Crippen molar-refractivity contribution in [2.75, 3.05) is 6.61 Å². The number of esters is 1. The van der Waals surface area contributed by atoms with Crippen LogP contribution in [0.15, 0.2) is 51.6 Å². The molecule has 0 saturated carbocycles. The summed E-state index contributed by atoms with van der Waals surface area (Å²) in [6.07, 6.45) is 1.79. The number of benzene rings is 1. The van der Waals surface area contributed by atoms with Gasteiger partial charge in [-0.2, -0.15) is 5.10 Å². The van der Waals surface area contributed by atoms with E-state index in [0.29, 0.717) is 40.4 Å². The topological polar surface area (TPSA) is 89.9 Å². The van der Waals surface area contributed by atoms with E-state index in [4.69, 9.17) is 14.4 Å². The van der Waals surface area contributed by atoms with Crippen LogP contribution in [-0.4, -0.2) is 32.5 Å². The lowest BCUT2D eigenvalue weighted by molar-refractivity contribution is 0.0525. The van der Waals surface area contributed by atoms with Crippen LogP contribution in [0.4, 0.5) is 0 Å². The average Bonchev–Trinajstić information content (AvgIpc) is 3.31. The number of hydrogen-bond donors (Lipinski definition) is 1. The van der Waals surface area contributed by atoms with Crippen LogP contribution in [0.25, 0.3) is 28.0 Å². The van der Waals surface area contributed by atoms with Gasteiger partial charge in [0.2, 0.25) is 0 Å². The first-order valence-corrected chi connectivity index (χ1v) is 9.84. The van der Waals surface area contributed by atoms with Gasteiger partial charge in [0.05, 0.1) is 23.3 Å². The molecule has 0 bridgehead atoms. The first kappa shape index (κ1) is 19.4. The molecule has 3 aromatic heterocycles. The van der Waals surface area contributed by atoms with E-state index in [-0.39, 0.29) is 12.6 Å². The van der Waals surface area contributed by atoms with E-state index in [2.05, 4.69) is 21.1 Å². The maximum atomic E-state index is 12.4. The van der Waals surface area contributed by atoms with Gasteiger partial charge in [0.1, 0.15) is 18.0 Å². The van der Waals surface area contributed by atoms with Gasteiger partial charge in [-0.3, -0.25) is 0 Å². The Kier molecular flexibility index (Phi) is 5.21. The highest BCUT2D eigenvalue weighted by molar-refractivity contribution is 9.10. The lowest BCUT2D eigenvalue weighted by Crippen LogP contribution is -2.08. The Morgan fingerprint density at radius 1 is 1.28 bits per heavy atom. The van der Waals surface area contributed by atoms with Crippen LogP contribution in [0.5, 0.6) is 0 Å². The van der Waals surface area contributed by atoms with E-state index in [1.54, 1.807) is 29.8 Å². The van der Waals surface area contributed by atoms with Gasteiger partial charge in [0, 0.05) is 22.3 Å². The molecular formula is C21H18BrN3O4. The molecule has 0 aliphatic heterocycles. The SMILES string of the molecule is CCOC(=O)c1cc2c(-c3cc(CO)on3)c(-c3ccc(Br)cc3)nn2cc1C. The van der Waals surface area contributed by atoms with Crippen molar-refractivity contribution in [1.29, 1.82) is 0 Å². The largest absolute Gasteiger partial charge is 0.462 e. The minimum atomic E-state index is -0.388. The van der Waals surface area contributed by atoms with Crippen LogP contribution in [0.1, 0.15) is 28.6 Å². The summed E-state index contributed by atoms with van der Waals surface area (Å²) in [5, 5.41) is 18.2. The summed E-state index contributed by atoms with van der Waals surface area (Å²) >= 11 is 3.45. The highest BCUT2D eigenvalue weighted by Crippen LogP contribution is 2.36. The molecule has 0 unspecified atom stereocenters. The lowest BCUT2D eigenvalue weighted by atomic mass is 10.0. The Bertz CT molecular complexity index is 1190. The van der Waals surface area contributed by atoms with Gasteiger partial charge < -0.3 is 14.4 Å². The zero-order valence-corrected chi connectivity index (χ0v) is 17.4. The van der Waals surface area contributed by atoms with E-state index < -0.39 is 0 Å². The average molecular weight is 456 g/mol. The van der Waals surface area contributed by atoms with Gasteiger partial charge >= 0.3 is 5.97 Å². The second kappa shape index (κ2) is 7.81. The number of aromatic nitrogens is 3. The highest BCUT2D eigenvalue weighted by atomic mass is 79.9. The zero-order chi connectivity index (χ0) is 20.5. The molecule has 1 N–H and O–H groups in total. The molecule has 1 aromatic carbocycles. The molecule has 148 valence electrons. The van der Waals surface area contributed by atoms with Crippen molar-refractivity contribution in [2.24, 2.45) is 0 Å². The molecular weight excluding hydrogens is 438 g/mol. The number of aliphatic hydroxyl groups is 1. The molecule has 3 heterocycles. The molecule has 4 rings (SSSR count). The maximum Gasteiger partial charge on any atom is 0.338 e. The fraction of sp³-hybridized carbons (Fsp3) is 0.190. The molecule has 4 aromatic rings. The van der Waals surface area contributed by atoms with Crippen LogP contribution in [0.3, 0.4) is 0 Å². The van der Waals surface area contributed by atoms with Crippen molar-refractivity contribution in [1.82, 2.24) is 14.8 Å². The molecule has 7 nitrogen and oxygen atoms in total. The van der Waals surface area contributed by atoms with Crippen molar-refractivity contribution < 1.29 is 19.2 Å². The first-order valence-electron chi connectivity index (χ1n) is 9.04. The van der Waals surface area contributed by atoms with Crippen LogP contribution >= 0.6 is 15.9 Å². The van der Waals surface area contributed by atoms with Gasteiger partial charge in [0.15, 0.2) is 5.76 Å². The number of ether oxygens (including phenoxy) is 1. The number of carbonyl (C=O) groups excluding carboxylic acids is 1. The van der Waals surface area contributed by atoms with E-state index >= 15 is 0 Å². The van der Waals surface area contributed by atoms with Crippen LogP contribution < -0.4 is 0 Å². The molecule has 0 saturated heterocycles. The molecule has 0 spiro atoms. The van der Waals surface area contributed by atoms with Gasteiger partial charge in [-0.05, 0) is 37.6 Å². The number of aliphatic hydroxyl groups excluding tert-OH is 1. The fourth-order valence-electron chi connectivity index (χ4n) is 3.18. The Hall–Kier alpha value is -2.97. The predicted octanol–water partition coefficient (Wildman–Crippen LogP) is 4.40. The van der Waals surface area contributed by atoms with Gasteiger partial charge in [-0.1, -0.05) is 33.2 Å². The van der Waals surface area contributed by atoms with E-state index in [9.17, 15) is 9.90 Å². The van der Waals surface area contributed by atoms with Crippen molar-refractivity contribution in [3.05, 3.63) is 64.0 Å². The van der Waals surface area contributed by atoms with Gasteiger partial charge in [-0.15, -0.1) is 0 Å². The number of hydrogen-bond acceptors (Lipinski definition) is 6. The molecule has 0 radical (unpaired) electrons. The third kappa shape index (κ3) is 3.56. The second-order valence-corrected chi connectivity index (χ2v) is 7.40. The minimum absolute atomic E-state index is 0.257. The van der Waals surface area contributed by atoms with Gasteiger partial charge in [0.25, 0.3) is 0 Å². The van der Waals surface area contributed by atoms with Crippen molar-refractivity contribution >= 4 is 27.4 Å². The molecule has 0 aliphatic carbocycles. The molecule has 8 heteroatoms. The number of rotatable bonds is 5. The Balaban J connectivity index is 2.00. The third-order valence-corrected chi connectivity index (χ3v) is 5.08. The van der Waals surface area contributed by atoms with E-state index in [0.717, 1.165) is 15.6 Å². The number of carbonyl (C=O) groups is 1. The van der Waals surface area contributed by atoms with Crippen LogP contribution in [-0.2, 0) is 11.3 Å². The monoisotopic (exact) mass is 455 g/mol. The first-order chi connectivity index (χ1) is 14.0. The zero-order valence-electron chi connectivity index (χ0n) is 15.8. The molecule has 0 fully saturated rings. The number of fused-ring (bicyclic) bond motifs is 1. The summed E-state index contributed by atoms with van der Waals surface area (Å²) in [6.45, 7) is 3.65. The Morgan fingerprint density at radius 2 is 2.03 bits per heavy atom. The molecule has 0 aliphatic rings. The Labute approximate surface area is 175 Å². The van der Waals surface area contributed by atoms with Crippen molar-refractivity contribution in [2.45, 2.75) is 20.5 Å². The summed E-state index contributed by atoms with van der Waals surface area (Å²) in [6, 6.07) is 11.2. The Morgan fingerprint density at radius 3 is 2.69 bits per heavy atom. The summed E-state index contributed by atoms with van der Waals surface area (Å²) in [4.78, 5) is 12.4. The molecule has 0 amide bonds. The highest BCUT2D eigenvalue weighted by Gasteiger charge is 2.22. The van der Waals surface area contributed by atoms with Crippen molar-refractivity contribution in [3.63, 3.8) is 0 Å². The molecule has 29 heavy (non-hydrogen) atoms. The fourth-order valence-corrected chi connectivity index (χ4v) is 3.45. The number of aryl methyl sites for hydroxylation is 1. The predicted molar refractivity (Wildman–Crippen MR) is 110 cm³/mol. The second-order valence-electron chi connectivity index (χ2n) is 6.49. The minimum Gasteiger partial charge on any atom is -0.462 e. The van der Waals surface area contributed by atoms with Crippen molar-refractivity contribution in [3.8, 4) is 22.5 Å². The molecule has 0 atom stereocenters. The standard InChI is InChI=1S/C21H18BrN3O4/c1-3-28-21(27)16-9-18-19(17-8-15(11-26)29-24-17)20(23-25(18)10-12(16)2)13-4-6-14(22)7-5-13/h4-10,26H,3,11H2,1-2H3. The summed E-state index contributed by atoms with van der Waals surface area (Å²) in [5.41, 5.74) is 4.72.